The van der Waals surface area contributed by atoms with Crippen LogP contribution in [0.15, 0.2) is 58.3 Å². The molecule has 25 heavy (non-hydrogen) atoms. The van der Waals surface area contributed by atoms with Crippen molar-refractivity contribution in [3.05, 3.63) is 82.4 Å². The summed E-state index contributed by atoms with van der Waals surface area (Å²) < 4.78 is 3.60. The van der Waals surface area contributed by atoms with Gasteiger partial charge in [0.1, 0.15) is 13.3 Å². The number of rotatable bonds is 2. The van der Waals surface area contributed by atoms with E-state index in [-0.39, 0.29) is 5.56 Å². The molecule has 0 spiro atoms. The third kappa shape index (κ3) is 3.51. The lowest BCUT2D eigenvalue weighted by Crippen LogP contribution is -2.42. The zero-order chi connectivity index (χ0) is 17.4. The topological polar surface area (TPSA) is 37.6 Å². The molecule has 0 saturated heterocycles. The number of halogens is 2. The van der Waals surface area contributed by atoms with E-state index in [4.69, 9.17) is 11.6 Å². The van der Waals surface area contributed by atoms with E-state index >= 15 is 0 Å². The number of anilines is 1. The minimum Gasteiger partial charge on any atom is -0.334 e. The van der Waals surface area contributed by atoms with Crippen LogP contribution < -0.4 is 19.8 Å². The summed E-state index contributed by atoms with van der Waals surface area (Å²) in [6.45, 7) is 1.07. The summed E-state index contributed by atoms with van der Waals surface area (Å²) in [5.41, 5.74) is 2.01. The Morgan fingerprint density at radius 3 is 2.56 bits per heavy atom. The Morgan fingerprint density at radius 2 is 1.84 bits per heavy atom. The summed E-state index contributed by atoms with van der Waals surface area (Å²) in [7, 11) is 0. The highest BCUT2D eigenvalue weighted by molar-refractivity contribution is 14.1. The first kappa shape index (κ1) is 16.8. The highest BCUT2D eigenvalue weighted by atomic mass is 127. The Morgan fingerprint density at radius 1 is 1.12 bits per heavy atom. The second kappa shape index (κ2) is 6.93. The molecule has 0 bridgehead atoms. The van der Waals surface area contributed by atoms with Gasteiger partial charge >= 0.3 is 0 Å². The van der Waals surface area contributed by atoms with Crippen molar-refractivity contribution in [2.45, 2.75) is 6.67 Å². The second-order valence-electron chi connectivity index (χ2n) is 5.64. The first-order valence-electron chi connectivity index (χ1n) is 7.62. The van der Waals surface area contributed by atoms with E-state index in [2.05, 4.69) is 56.7 Å². The van der Waals surface area contributed by atoms with Gasteiger partial charge in [-0.05, 0) is 70.6 Å². The minimum atomic E-state index is -0.00564. The molecule has 0 aliphatic carbocycles. The Kier molecular flexibility index (Phi) is 4.66. The predicted molar refractivity (Wildman–Crippen MR) is 111 cm³/mol. The number of benzene rings is 2. The van der Waals surface area contributed by atoms with Crippen molar-refractivity contribution < 1.29 is 0 Å². The van der Waals surface area contributed by atoms with E-state index in [0.717, 1.165) is 16.1 Å². The molecule has 126 valence electrons. The molecule has 7 heteroatoms. The Hall–Kier alpha value is -1.64. The molecule has 0 saturated carbocycles. The maximum atomic E-state index is 12.7. The molecule has 3 aromatic rings. The highest BCUT2D eigenvalue weighted by Gasteiger charge is 2.15. The van der Waals surface area contributed by atoms with E-state index in [9.17, 15) is 4.79 Å². The SMILES string of the molecule is O=c1/c(=C/c2ccc(Cl)cc2)sc2n1CN(c1ccc(I)cc1)CN=2. The van der Waals surface area contributed by atoms with Crippen molar-refractivity contribution in [3.8, 4) is 0 Å². The van der Waals surface area contributed by atoms with Crippen LogP contribution in [-0.4, -0.2) is 11.2 Å². The van der Waals surface area contributed by atoms with Crippen LogP contribution in [0.4, 0.5) is 5.69 Å². The van der Waals surface area contributed by atoms with Gasteiger partial charge in [-0.2, -0.15) is 0 Å². The molecule has 0 radical (unpaired) electrons. The number of hydrogen-bond donors (Lipinski definition) is 0. The summed E-state index contributed by atoms with van der Waals surface area (Å²) in [6, 6.07) is 15.7. The molecule has 0 amide bonds. The largest absolute Gasteiger partial charge is 0.334 e. The Labute approximate surface area is 166 Å². The maximum absolute atomic E-state index is 12.7. The van der Waals surface area contributed by atoms with Crippen molar-refractivity contribution in [1.29, 1.82) is 0 Å². The van der Waals surface area contributed by atoms with Gasteiger partial charge in [0.05, 0.1) is 4.53 Å². The van der Waals surface area contributed by atoms with Gasteiger partial charge < -0.3 is 4.90 Å². The van der Waals surface area contributed by atoms with Crippen LogP contribution in [0.2, 0.25) is 5.02 Å². The van der Waals surface area contributed by atoms with Crippen LogP contribution in [-0.2, 0) is 6.67 Å². The van der Waals surface area contributed by atoms with E-state index in [1.54, 1.807) is 4.57 Å². The molecule has 4 nitrogen and oxygen atoms in total. The predicted octanol–water partition coefficient (Wildman–Crippen LogP) is 3.05. The number of aromatic nitrogens is 1. The fourth-order valence-corrected chi connectivity index (χ4v) is 4.09. The average Bonchev–Trinajstić information content (AvgIpc) is 2.93. The lowest BCUT2D eigenvalue weighted by molar-refractivity contribution is 0.569. The fraction of sp³-hybridized carbons (Fsp3) is 0.111. The summed E-state index contributed by atoms with van der Waals surface area (Å²) in [4.78, 5) is 20.2. The van der Waals surface area contributed by atoms with Gasteiger partial charge in [-0.15, -0.1) is 0 Å². The van der Waals surface area contributed by atoms with Gasteiger partial charge in [0.15, 0.2) is 4.80 Å². The molecule has 1 aliphatic rings. The third-order valence-corrected chi connectivity index (χ3v) is 5.95. The van der Waals surface area contributed by atoms with Crippen molar-refractivity contribution in [2.75, 3.05) is 11.6 Å². The second-order valence-corrected chi connectivity index (χ2v) is 8.33. The molecule has 2 aromatic carbocycles. The van der Waals surface area contributed by atoms with E-state index in [1.165, 1.54) is 14.9 Å². The first-order chi connectivity index (χ1) is 12.1. The van der Waals surface area contributed by atoms with Crippen LogP contribution in [0.1, 0.15) is 5.56 Å². The van der Waals surface area contributed by atoms with Gasteiger partial charge in [-0.3, -0.25) is 9.36 Å². The number of thiazole rings is 1. The molecular formula is C18H13ClIN3OS. The number of hydrogen-bond acceptors (Lipinski definition) is 4. The molecule has 1 aromatic heterocycles. The number of nitrogens with zero attached hydrogens (tertiary/aromatic N) is 3. The third-order valence-electron chi connectivity index (χ3n) is 3.94. The Bertz CT molecular complexity index is 1090. The molecule has 4 rings (SSSR count). The van der Waals surface area contributed by atoms with Crippen LogP contribution in [0, 0.1) is 3.57 Å². The van der Waals surface area contributed by atoms with Crippen LogP contribution in [0.5, 0.6) is 0 Å². The summed E-state index contributed by atoms with van der Waals surface area (Å²) >= 11 is 9.62. The van der Waals surface area contributed by atoms with Gasteiger partial charge in [0.2, 0.25) is 0 Å². The standard InChI is InChI=1S/C18H13ClIN3OS/c19-13-3-1-12(2-4-13)9-16-17(24)23-11-22(10-21-18(23)25-16)15-7-5-14(20)6-8-15/h1-9H,10-11H2/b16-9-. The summed E-state index contributed by atoms with van der Waals surface area (Å²) in [6.07, 6.45) is 1.89. The molecule has 0 unspecified atom stereocenters. The summed E-state index contributed by atoms with van der Waals surface area (Å²) in [5, 5.41) is 0.683. The molecule has 0 atom stereocenters. The lowest BCUT2D eigenvalue weighted by atomic mass is 10.2. The summed E-state index contributed by atoms with van der Waals surface area (Å²) in [5.74, 6) is 0. The average molecular weight is 482 g/mol. The van der Waals surface area contributed by atoms with Crippen LogP contribution >= 0.6 is 45.5 Å². The van der Waals surface area contributed by atoms with Gasteiger partial charge in [-0.1, -0.05) is 35.1 Å². The van der Waals surface area contributed by atoms with Gasteiger partial charge in [-0.25, -0.2) is 4.99 Å². The Balaban J connectivity index is 1.70. The van der Waals surface area contributed by atoms with Crippen molar-refractivity contribution in [3.63, 3.8) is 0 Å². The zero-order valence-electron chi connectivity index (χ0n) is 13.0. The van der Waals surface area contributed by atoms with Gasteiger partial charge in [0, 0.05) is 14.3 Å². The molecule has 0 fully saturated rings. The van der Waals surface area contributed by atoms with Gasteiger partial charge in [0.25, 0.3) is 5.56 Å². The van der Waals surface area contributed by atoms with Crippen LogP contribution in [0.3, 0.4) is 0 Å². The van der Waals surface area contributed by atoms with E-state index < -0.39 is 0 Å². The van der Waals surface area contributed by atoms with Crippen LogP contribution in [0.25, 0.3) is 6.08 Å². The monoisotopic (exact) mass is 481 g/mol. The molecular weight excluding hydrogens is 469 g/mol. The molecule has 0 N–H and O–H groups in total. The van der Waals surface area contributed by atoms with Crippen molar-refractivity contribution >= 4 is 57.3 Å². The quantitative estimate of drug-likeness (QED) is 0.528. The zero-order valence-corrected chi connectivity index (χ0v) is 16.8. The van der Waals surface area contributed by atoms with Crippen molar-refractivity contribution in [1.82, 2.24) is 4.57 Å². The normalized spacial score (nSPS) is 14.3. The first-order valence-corrected chi connectivity index (χ1v) is 9.89. The van der Waals surface area contributed by atoms with E-state index in [1.807, 2.05) is 30.3 Å². The molecule has 1 aliphatic heterocycles. The fourth-order valence-electron chi connectivity index (χ4n) is 2.64. The maximum Gasteiger partial charge on any atom is 0.271 e. The van der Waals surface area contributed by atoms with E-state index in [0.29, 0.717) is 22.9 Å². The minimum absolute atomic E-state index is 0.00564. The molecule has 2 heterocycles. The highest BCUT2D eigenvalue weighted by Crippen LogP contribution is 2.17. The number of fused-ring (bicyclic) bond motifs is 1. The smallest absolute Gasteiger partial charge is 0.271 e. The van der Waals surface area contributed by atoms with Crippen molar-refractivity contribution in [2.24, 2.45) is 4.99 Å². The lowest BCUT2D eigenvalue weighted by Gasteiger charge is -2.25.